The van der Waals surface area contributed by atoms with Gasteiger partial charge in [0.25, 0.3) is 0 Å². The summed E-state index contributed by atoms with van der Waals surface area (Å²) in [5.74, 6) is 0.751. The largest absolute Gasteiger partial charge is 0.338 e. The number of nitrogens with zero attached hydrogens (tertiary/aromatic N) is 3. The molecule has 0 saturated heterocycles. The summed E-state index contributed by atoms with van der Waals surface area (Å²) in [6.45, 7) is 0.770. The number of para-hydroxylation sites is 1. The Morgan fingerprint density at radius 1 is 1.06 bits per heavy atom. The van der Waals surface area contributed by atoms with E-state index in [1.807, 2.05) is 27.3 Å². The van der Waals surface area contributed by atoms with Crippen LogP contribution < -0.4 is 4.72 Å². The Kier molecular flexibility index (Phi) is 6.06. The molecular weight excluding hydrogens is 472 g/mol. The second-order valence-electron chi connectivity index (χ2n) is 7.64. The lowest BCUT2D eigenvalue weighted by Crippen LogP contribution is -2.18. The molecule has 0 aliphatic heterocycles. The van der Waals surface area contributed by atoms with Crippen LogP contribution in [0.1, 0.15) is 12.2 Å². The number of imidazole rings is 1. The van der Waals surface area contributed by atoms with Crippen molar-refractivity contribution in [3.63, 3.8) is 0 Å². The fourth-order valence-electron chi connectivity index (χ4n) is 3.83. The molecule has 170 valence electrons. The number of aromatic nitrogens is 3. The van der Waals surface area contributed by atoms with Crippen molar-refractivity contribution in [3.05, 3.63) is 59.5 Å². The number of benzene rings is 2. The second-order valence-corrected chi connectivity index (χ2v) is 12.2. The third-order valence-corrected chi connectivity index (χ3v) is 8.02. The van der Waals surface area contributed by atoms with E-state index >= 15 is 0 Å². The van der Waals surface area contributed by atoms with Crippen LogP contribution in [0.5, 0.6) is 0 Å². The van der Waals surface area contributed by atoms with Gasteiger partial charge in [-0.1, -0.05) is 29.8 Å². The Bertz CT molecular complexity index is 1520. The van der Waals surface area contributed by atoms with Gasteiger partial charge in [-0.05, 0) is 37.7 Å². The molecule has 0 amide bonds. The third kappa shape index (κ3) is 4.54. The molecule has 8 nitrogen and oxygen atoms in total. The Labute approximate surface area is 191 Å². The standard InChI is InChI=1S/C21H23ClN4O4S2/c1-23-32(29,30)20-13-25(18-7-4-3-6-16(18)20)14-21-24-17-12-15(22)8-9-19(17)26(21)10-5-11-31(2,27)28/h3-4,6-9,12-13,23H,5,10-11,14H2,1-2H3. The number of fused-ring (bicyclic) bond motifs is 2. The molecule has 32 heavy (non-hydrogen) atoms. The van der Waals surface area contributed by atoms with E-state index in [0.29, 0.717) is 41.3 Å². The van der Waals surface area contributed by atoms with Crippen LogP contribution in [0.4, 0.5) is 0 Å². The zero-order valence-electron chi connectivity index (χ0n) is 17.6. The zero-order chi connectivity index (χ0) is 23.1. The molecule has 0 bridgehead atoms. The molecule has 0 spiro atoms. The van der Waals surface area contributed by atoms with Crippen molar-refractivity contribution in [3.8, 4) is 0 Å². The molecule has 0 unspecified atom stereocenters. The fraction of sp³-hybridized carbons (Fsp3) is 0.286. The molecule has 0 atom stereocenters. The van der Waals surface area contributed by atoms with E-state index in [9.17, 15) is 16.8 Å². The molecule has 2 heterocycles. The molecule has 11 heteroatoms. The van der Waals surface area contributed by atoms with Gasteiger partial charge in [0.2, 0.25) is 10.0 Å². The maximum atomic E-state index is 12.5. The minimum atomic E-state index is -3.65. The van der Waals surface area contributed by atoms with Crippen LogP contribution in [-0.2, 0) is 33.0 Å². The normalized spacial score (nSPS) is 12.7. The van der Waals surface area contributed by atoms with Gasteiger partial charge < -0.3 is 9.13 Å². The number of nitrogens with one attached hydrogen (secondary N) is 1. The van der Waals surface area contributed by atoms with Crippen LogP contribution in [0.3, 0.4) is 0 Å². The van der Waals surface area contributed by atoms with Crippen molar-refractivity contribution in [2.24, 2.45) is 0 Å². The van der Waals surface area contributed by atoms with Crippen LogP contribution in [0, 0.1) is 0 Å². The van der Waals surface area contributed by atoms with E-state index in [1.165, 1.54) is 13.3 Å². The summed E-state index contributed by atoms with van der Waals surface area (Å²) in [6.07, 6.45) is 3.25. The number of sulfone groups is 1. The van der Waals surface area contributed by atoms with Crippen LogP contribution in [0.15, 0.2) is 53.6 Å². The summed E-state index contributed by atoms with van der Waals surface area (Å²) in [7, 11) is -5.36. The first-order valence-electron chi connectivity index (χ1n) is 9.93. The number of sulfonamides is 1. The number of halogens is 1. The van der Waals surface area contributed by atoms with Gasteiger partial charge in [-0.15, -0.1) is 0 Å². The molecule has 0 fully saturated rings. The topological polar surface area (TPSA) is 103 Å². The highest BCUT2D eigenvalue weighted by molar-refractivity contribution is 7.90. The predicted molar refractivity (Wildman–Crippen MR) is 126 cm³/mol. The van der Waals surface area contributed by atoms with Gasteiger partial charge in [0.15, 0.2) is 0 Å². The summed E-state index contributed by atoms with van der Waals surface area (Å²) in [6, 6.07) is 12.7. The summed E-state index contributed by atoms with van der Waals surface area (Å²) >= 11 is 6.14. The average Bonchev–Trinajstić information content (AvgIpc) is 3.26. The smallest absolute Gasteiger partial charge is 0.242 e. The molecule has 1 N–H and O–H groups in total. The minimum Gasteiger partial charge on any atom is -0.338 e. The van der Waals surface area contributed by atoms with Crippen LogP contribution in [0.25, 0.3) is 21.9 Å². The maximum Gasteiger partial charge on any atom is 0.242 e. The van der Waals surface area contributed by atoms with Crippen molar-refractivity contribution >= 4 is 53.4 Å². The number of hydrogen-bond donors (Lipinski definition) is 1. The highest BCUT2D eigenvalue weighted by Gasteiger charge is 2.21. The van der Waals surface area contributed by atoms with Crippen LogP contribution in [-0.4, -0.2) is 50.0 Å². The monoisotopic (exact) mass is 494 g/mol. The molecule has 0 saturated carbocycles. The van der Waals surface area contributed by atoms with Crippen molar-refractivity contribution < 1.29 is 16.8 Å². The van der Waals surface area contributed by atoms with E-state index in [0.717, 1.165) is 11.0 Å². The summed E-state index contributed by atoms with van der Waals surface area (Å²) < 4.78 is 54.5. The number of rotatable bonds is 8. The van der Waals surface area contributed by atoms with Gasteiger partial charge in [0, 0.05) is 34.9 Å². The van der Waals surface area contributed by atoms with Crippen LogP contribution >= 0.6 is 11.6 Å². The fourth-order valence-corrected chi connectivity index (χ4v) is 5.60. The van der Waals surface area contributed by atoms with E-state index in [1.54, 1.807) is 30.5 Å². The van der Waals surface area contributed by atoms with Crippen LogP contribution in [0.2, 0.25) is 5.02 Å². The Balaban J connectivity index is 1.81. The van der Waals surface area contributed by atoms with Gasteiger partial charge in [0.1, 0.15) is 20.6 Å². The molecule has 0 aliphatic rings. The predicted octanol–water partition coefficient (Wildman–Crippen LogP) is 3.04. The van der Waals surface area contributed by atoms with Gasteiger partial charge >= 0.3 is 0 Å². The Hall–Kier alpha value is -2.40. The zero-order valence-corrected chi connectivity index (χ0v) is 20.0. The van der Waals surface area contributed by atoms with Gasteiger partial charge in [-0.3, -0.25) is 0 Å². The van der Waals surface area contributed by atoms with E-state index in [4.69, 9.17) is 16.6 Å². The molecule has 4 aromatic rings. The number of hydrogen-bond acceptors (Lipinski definition) is 5. The average molecular weight is 495 g/mol. The SMILES string of the molecule is CNS(=O)(=O)c1cn(Cc2nc3cc(Cl)ccc3n2CCCS(C)(=O)=O)c2ccccc12. The summed E-state index contributed by atoms with van der Waals surface area (Å²) in [4.78, 5) is 4.92. The maximum absolute atomic E-state index is 12.5. The minimum absolute atomic E-state index is 0.0662. The highest BCUT2D eigenvalue weighted by Crippen LogP contribution is 2.27. The van der Waals surface area contributed by atoms with Crippen molar-refractivity contribution in [2.75, 3.05) is 19.1 Å². The Morgan fingerprint density at radius 3 is 2.53 bits per heavy atom. The van der Waals surface area contributed by atoms with Crippen molar-refractivity contribution in [1.82, 2.24) is 18.8 Å². The molecule has 4 rings (SSSR count). The lowest BCUT2D eigenvalue weighted by molar-refractivity contribution is 0.587. The molecule has 0 radical (unpaired) electrons. The Morgan fingerprint density at radius 2 is 1.81 bits per heavy atom. The molecule has 0 aliphatic carbocycles. The molecule has 2 aromatic heterocycles. The van der Waals surface area contributed by atoms with E-state index < -0.39 is 19.9 Å². The van der Waals surface area contributed by atoms with Gasteiger partial charge in [0.05, 0.1) is 23.3 Å². The second kappa shape index (κ2) is 8.51. The summed E-state index contributed by atoms with van der Waals surface area (Å²) in [5.41, 5.74) is 2.30. The van der Waals surface area contributed by atoms with Crippen molar-refractivity contribution in [2.45, 2.75) is 24.4 Å². The number of aryl methyl sites for hydroxylation is 1. The molecule has 2 aromatic carbocycles. The molecular formula is C21H23ClN4O4S2. The summed E-state index contributed by atoms with van der Waals surface area (Å²) in [5, 5.41) is 1.17. The quantitative estimate of drug-likeness (QED) is 0.405. The van der Waals surface area contributed by atoms with E-state index in [2.05, 4.69) is 4.72 Å². The highest BCUT2D eigenvalue weighted by atomic mass is 35.5. The van der Waals surface area contributed by atoms with E-state index in [-0.39, 0.29) is 10.6 Å². The first-order valence-corrected chi connectivity index (χ1v) is 13.8. The van der Waals surface area contributed by atoms with Crippen molar-refractivity contribution in [1.29, 1.82) is 0 Å². The first-order chi connectivity index (χ1) is 15.1. The third-order valence-electron chi connectivity index (χ3n) is 5.31. The first kappa shape index (κ1) is 22.8. The van der Waals surface area contributed by atoms with Gasteiger partial charge in [-0.2, -0.15) is 0 Å². The van der Waals surface area contributed by atoms with Gasteiger partial charge in [-0.25, -0.2) is 26.5 Å². The lowest BCUT2D eigenvalue weighted by Gasteiger charge is -2.10. The lowest BCUT2D eigenvalue weighted by atomic mass is 10.2.